The van der Waals surface area contributed by atoms with Crippen LogP contribution in [0.25, 0.3) is 0 Å². The lowest BCUT2D eigenvalue weighted by Crippen LogP contribution is -2.38. The number of esters is 2. The molecule has 1 heterocycles. The maximum absolute atomic E-state index is 12.6. The molecule has 2 N–H and O–H groups in total. The van der Waals surface area contributed by atoms with E-state index in [0.29, 0.717) is 23.1 Å². The van der Waals surface area contributed by atoms with Crippen LogP contribution in [-0.4, -0.2) is 46.7 Å². The predicted molar refractivity (Wildman–Crippen MR) is 105 cm³/mol. The number of carbonyl (C=O) groups is 3. The Morgan fingerprint density at radius 3 is 2.60 bits per heavy atom. The number of ketones is 1. The highest BCUT2D eigenvalue weighted by molar-refractivity contribution is 6.09. The molecule has 7 nitrogen and oxygen atoms in total. The summed E-state index contributed by atoms with van der Waals surface area (Å²) in [5.41, 5.74) is 2.54. The van der Waals surface area contributed by atoms with E-state index in [1.165, 1.54) is 18.2 Å². The minimum Gasteiger partial charge on any atom is -0.508 e. The quantitative estimate of drug-likeness (QED) is 0.727. The molecule has 1 fully saturated rings. The largest absolute Gasteiger partial charge is 0.508 e. The van der Waals surface area contributed by atoms with Crippen molar-refractivity contribution >= 4 is 17.7 Å². The van der Waals surface area contributed by atoms with Gasteiger partial charge in [0.1, 0.15) is 18.0 Å². The summed E-state index contributed by atoms with van der Waals surface area (Å²) in [4.78, 5) is 37.6. The Kier molecular flexibility index (Phi) is 5.24. The molecule has 4 rings (SSSR count). The van der Waals surface area contributed by atoms with Gasteiger partial charge in [0.05, 0.1) is 18.9 Å². The summed E-state index contributed by atoms with van der Waals surface area (Å²) < 4.78 is 11.5. The van der Waals surface area contributed by atoms with E-state index >= 15 is 0 Å². The van der Waals surface area contributed by atoms with Crippen LogP contribution in [0.5, 0.6) is 5.75 Å². The van der Waals surface area contributed by atoms with Gasteiger partial charge in [0.25, 0.3) is 0 Å². The van der Waals surface area contributed by atoms with Gasteiger partial charge in [-0.15, -0.1) is 0 Å². The van der Waals surface area contributed by atoms with Crippen LogP contribution >= 0.6 is 0 Å². The smallest absolute Gasteiger partial charge is 0.310 e. The maximum atomic E-state index is 12.6. The molecule has 2 aliphatic carbocycles. The second kappa shape index (κ2) is 7.72. The van der Waals surface area contributed by atoms with Crippen LogP contribution in [0.1, 0.15) is 25.8 Å². The van der Waals surface area contributed by atoms with E-state index in [-0.39, 0.29) is 30.5 Å². The molecule has 0 amide bonds. The molecular formula is C23H24O7. The van der Waals surface area contributed by atoms with Crippen LogP contribution in [0, 0.1) is 17.8 Å². The van der Waals surface area contributed by atoms with Crippen LogP contribution in [0.2, 0.25) is 0 Å². The van der Waals surface area contributed by atoms with Crippen molar-refractivity contribution in [1.82, 2.24) is 0 Å². The van der Waals surface area contributed by atoms with Crippen LogP contribution in [0.15, 0.2) is 47.1 Å². The second-order valence-electron chi connectivity index (χ2n) is 8.26. The number of phenolic OH excluding ortho intramolecular Hbond substituents is 1. The first kappa shape index (κ1) is 20.3. The van der Waals surface area contributed by atoms with E-state index in [2.05, 4.69) is 0 Å². The molecule has 30 heavy (non-hydrogen) atoms. The third kappa shape index (κ3) is 3.43. The first-order chi connectivity index (χ1) is 14.3. The zero-order valence-electron chi connectivity index (χ0n) is 16.8. The van der Waals surface area contributed by atoms with Crippen LogP contribution in [0.4, 0.5) is 0 Å². The average Bonchev–Trinajstić information content (AvgIpc) is 3.15. The first-order valence-electron chi connectivity index (χ1n) is 10.0. The highest BCUT2D eigenvalue weighted by Crippen LogP contribution is 2.48. The van der Waals surface area contributed by atoms with Gasteiger partial charge >= 0.3 is 11.9 Å². The number of hydrogen-bond acceptors (Lipinski definition) is 7. The minimum atomic E-state index is -0.656. The van der Waals surface area contributed by atoms with Crippen molar-refractivity contribution in [2.75, 3.05) is 6.61 Å². The summed E-state index contributed by atoms with van der Waals surface area (Å²) in [5.74, 6) is -2.33. The fourth-order valence-corrected chi connectivity index (χ4v) is 4.91. The van der Waals surface area contributed by atoms with Crippen molar-refractivity contribution in [3.8, 4) is 5.75 Å². The molecule has 1 aromatic rings. The summed E-state index contributed by atoms with van der Waals surface area (Å²) in [6, 6.07) is 6.29. The summed E-state index contributed by atoms with van der Waals surface area (Å²) in [6.07, 6.45) is 0.502. The highest BCUT2D eigenvalue weighted by Gasteiger charge is 2.55. The first-order valence-corrected chi connectivity index (χ1v) is 10.0. The summed E-state index contributed by atoms with van der Waals surface area (Å²) in [7, 11) is 0. The van der Waals surface area contributed by atoms with E-state index in [0.717, 1.165) is 5.57 Å². The molecule has 0 saturated carbocycles. The topological polar surface area (TPSA) is 110 Å². The number of aromatic hydroxyl groups is 1. The Hall–Kier alpha value is -2.93. The Balaban J connectivity index is 1.62. The zero-order chi connectivity index (χ0) is 21.6. The molecule has 0 aromatic heterocycles. The molecule has 5 unspecified atom stereocenters. The fraction of sp³-hybridized carbons (Fsp3) is 0.435. The van der Waals surface area contributed by atoms with Gasteiger partial charge in [-0.1, -0.05) is 24.6 Å². The van der Waals surface area contributed by atoms with Gasteiger partial charge in [-0.05, 0) is 36.3 Å². The standard InChI is InChI=1S/C23H24O7/c1-11-7-17(29-18(27)8-13-3-5-15(25)6-4-13)20-12(2)23(28)30-22(20)21-14(10-24)9-16(26)19(11)21/h3-6,9,12,17,20-22,24-25H,7-8,10H2,1-2H3. The number of ether oxygens (including phenoxy) is 2. The number of aliphatic hydroxyl groups excluding tert-OH is 1. The van der Waals surface area contributed by atoms with Crippen LogP contribution < -0.4 is 0 Å². The number of allylic oxidation sites excluding steroid dienone is 1. The zero-order valence-corrected chi connectivity index (χ0v) is 16.8. The molecular weight excluding hydrogens is 388 g/mol. The summed E-state index contributed by atoms with van der Waals surface area (Å²) in [5, 5.41) is 19.2. The molecule has 0 bridgehead atoms. The molecule has 0 spiro atoms. The van der Waals surface area contributed by atoms with Crippen molar-refractivity contribution in [1.29, 1.82) is 0 Å². The van der Waals surface area contributed by atoms with Crippen LogP contribution in [-0.2, 0) is 30.3 Å². The summed E-state index contributed by atoms with van der Waals surface area (Å²) >= 11 is 0. The van der Waals surface area contributed by atoms with Gasteiger partial charge in [0.15, 0.2) is 5.78 Å². The minimum absolute atomic E-state index is 0.0249. The van der Waals surface area contributed by atoms with Gasteiger partial charge in [-0.25, -0.2) is 0 Å². The van der Waals surface area contributed by atoms with Crippen molar-refractivity contribution in [2.24, 2.45) is 17.8 Å². The van der Waals surface area contributed by atoms with E-state index in [1.807, 2.05) is 6.92 Å². The molecule has 1 saturated heterocycles. The van der Waals surface area contributed by atoms with Crippen molar-refractivity contribution < 1.29 is 34.1 Å². The number of benzene rings is 1. The number of phenols is 1. The van der Waals surface area contributed by atoms with E-state index in [9.17, 15) is 24.6 Å². The fourth-order valence-electron chi connectivity index (χ4n) is 4.91. The number of carbonyl (C=O) groups excluding carboxylic acids is 3. The lowest BCUT2D eigenvalue weighted by molar-refractivity contribution is -0.152. The SMILES string of the molecule is CC1=C2C(=O)C=C(CO)C2C2OC(=O)C(C)C2C(OC(=O)Cc2ccc(O)cc2)C1. The Bertz CT molecular complexity index is 956. The molecule has 3 aliphatic rings. The number of rotatable bonds is 4. The number of aliphatic hydroxyl groups is 1. The van der Waals surface area contributed by atoms with Gasteiger partial charge in [0.2, 0.25) is 0 Å². The van der Waals surface area contributed by atoms with E-state index < -0.39 is 35.9 Å². The van der Waals surface area contributed by atoms with Gasteiger partial charge in [-0.3, -0.25) is 14.4 Å². The van der Waals surface area contributed by atoms with E-state index in [4.69, 9.17) is 9.47 Å². The molecule has 158 valence electrons. The lowest BCUT2D eigenvalue weighted by Gasteiger charge is -2.29. The van der Waals surface area contributed by atoms with Crippen molar-refractivity contribution in [2.45, 2.75) is 38.9 Å². The monoisotopic (exact) mass is 412 g/mol. The van der Waals surface area contributed by atoms with Crippen LogP contribution in [0.3, 0.4) is 0 Å². The molecule has 7 heteroatoms. The maximum Gasteiger partial charge on any atom is 0.310 e. The van der Waals surface area contributed by atoms with E-state index in [1.54, 1.807) is 19.1 Å². The Morgan fingerprint density at radius 1 is 1.23 bits per heavy atom. The molecule has 1 aliphatic heterocycles. The lowest BCUT2D eigenvalue weighted by atomic mass is 9.79. The Labute approximate surface area is 174 Å². The molecule has 1 aromatic carbocycles. The third-order valence-corrected chi connectivity index (χ3v) is 6.35. The van der Waals surface area contributed by atoms with Gasteiger partial charge < -0.3 is 19.7 Å². The van der Waals surface area contributed by atoms with Gasteiger partial charge in [-0.2, -0.15) is 0 Å². The second-order valence-corrected chi connectivity index (χ2v) is 8.26. The molecule has 5 atom stereocenters. The number of fused-ring (bicyclic) bond motifs is 3. The van der Waals surface area contributed by atoms with Gasteiger partial charge in [0, 0.05) is 23.8 Å². The summed E-state index contributed by atoms with van der Waals surface area (Å²) in [6.45, 7) is 3.27. The average molecular weight is 412 g/mol. The van der Waals surface area contributed by atoms with Crippen molar-refractivity contribution in [3.05, 3.63) is 52.6 Å². The number of hydrogen-bond donors (Lipinski definition) is 2. The third-order valence-electron chi connectivity index (χ3n) is 6.35. The highest BCUT2D eigenvalue weighted by atomic mass is 16.6. The predicted octanol–water partition coefficient (Wildman–Crippen LogP) is 1.86. The Morgan fingerprint density at radius 2 is 1.93 bits per heavy atom. The normalized spacial score (nSPS) is 30.4. The van der Waals surface area contributed by atoms with Crippen molar-refractivity contribution in [3.63, 3.8) is 0 Å². The molecule has 0 radical (unpaired) electrons.